The molecule has 5 aromatic rings. The number of halogens is 1. The normalized spacial score (nSPS) is 11.2. The van der Waals surface area contributed by atoms with Crippen molar-refractivity contribution < 1.29 is 9.18 Å². The molecule has 0 saturated carbocycles. The largest absolute Gasteiger partial charge is 0.348 e. The molecule has 3 aromatic carbocycles. The lowest BCUT2D eigenvalue weighted by molar-refractivity contribution is 0.0951. The summed E-state index contributed by atoms with van der Waals surface area (Å²) in [7, 11) is 0. The van der Waals surface area contributed by atoms with Crippen LogP contribution in [0.1, 0.15) is 21.5 Å². The minimum absolute atomic E-state index is 0.204. The summed E-state index contributed by atoms with van der Waals surface area (Å²) < 4.78 is 14.5. The van der Waals surface area contributed by atoms with E-state index >= 15 is 0 Å². The van der Waals surface area contributed by atoms with Crippen molar-refractivity contribution in [1.29, 1.82) is 0 Å². The van der Waals surface area contributed by atoms with Gasteiger partial charge < -0.3 is 5.32 Å². The quantitative estimate of drug-likeness (QED) is 0.451. The summed E-state index contributed by atoms with van der Waals surface area (Å²) in [5, 5.41) is 7.13. The van der Waals surface area contributed by atoms with Gasteiger partial charge >= 0.3 is 0 Å². The van der Waals surface area contributed by atoms with Gasteiger partial charge in [0.1, 0.15) is 5.82 Å². The first-order chi connectivity index (χ1) is 15.5. The Hall–Kier alpha value is -4.26. The van der Waals surface area contributed by atoms with Crippen LogP contribution in [-0.4, -0.2) is 20.7 Å². The zero-order valence-electron chi connectivity index (χ0n) is 17.2. The number of H-pyrrole nitrogens is 1. The van der Waals surface area contributed by atoms with Crippen molar-refractivity contribution in [1.82, 2.24) is 20.1 Å². The fourth-order valence-corrected chi connectivity index (χ4v) is 3.66. The molecule has 0 fully saturated rings. The molecule has 32 heavy (non-hydrogen) atoms. The zero-order valence-corrected chi connectivity index (χ0v) is 17.2. The lowest BCUT2D eigenvalue weighted by atomic mass is 10.1. The maximum absolute atomic E-state index is 13.1. The van der Waals surface area contributed by atoms with Crippen molar-refractivity contribution in [3.8, 4) is 5.69 Å². The van der Waals surface area contributed by atoms with Gasteiger partial charge in [0.25, 0.3) is 11.5 Å². The van der Waals surface area contributed by atoms with Crippen molar-refractivity contribution >= 4 is 27.7 Å². The maximum atomic E-state index is 13.1. The maximum Gasteiger partial charge on any atom is 0.280 e. The van der Waals surface area contributed by atoms with E-state index in [0.717, 1.165) is 16.8 Å². The summed E-state index contributed by atoms with van der Waals surface area (Å²) in [5.74, 6) is -0.591. The summed E-state index contributed by atoms with van der Waals surface area (Å²) in [6.45, 7) is 2.26. The molecule has 158 valence electrons. The first-order valence-corrected chi connectivity index (χ1v) is 10.1. The second kappa shape index (κ2) is 7.77. The SMILES string of the molecule is Cc1ccc(-n2[nH]c3c(cnc4ccc(C(=O)NCc5ccc(F)cc5)cc43)c2=O)cc1. The van der Waals surface area contributed by atoms with Crippen LogP contribution in [0.25, 0.3) is 27.5 Å². The number of aryl methyl sites for hydroxylation is 1. The Bertz CT molecular complexity index is 1520. The second-order valence-electron chi connectivity index (χ2n) is 7.68. The van der Waals surface area contributed by atoms with E-state index in [4.69, 9.17) is 0 Å². The Morgan fingerprint density at radius 3 is 2.53 bits per heavy atom. The first kappa shape index (κ1) is 19.7. The van der Waals surface area contributed by atoms with E-state index in [-0.39, 0.29) is 23.8 Å². The molecule has 7 heteroatoms. The van der Waals surface area contributed by atoms with Crippen LogP contribution < -0.4 is 10.9 Å². The summed E-state index contributed by atoms with van der Waals surface area (Å²) in [6, 6.07) is 18.7. The molecule has 6 nitrogen and oxygen atoms in total. The molecule has 0 atom stereocenters. The number of carbonyl (C=O) groups is 1. The van der Waals surface area contributed by atoms with Gasteiger partial charge in [-0.05, 0) is 55.0 Å². The molecule has 0 spiro atoms. The fraction of sp³-hybridized carbons (Fsp3) is 0.0800. The monoisotopic (exact) mass is 426 g/mol. The number of benzene rings is 3. The standard InChI is InChI=1S/C25H19FN4O2/c1-15-2-9-19(10-3-15)30-25(32)21-14-27-22-11-6-17(12-20(22)23(21)29-30)24(31)28-13-16-4-7-18(26)8-5-16/h2-12,14,29H,13H2,1H3,(H,28,31). The number of aromatic nitrogens is 3. The number of carbonyl (C=O) groups excluding carboxylic acids is 1. The van der Waals surface area contributed by atoms with Crippen LogP contribution in [0.3, 0.4) is 0 Å². The molecule has 0 bridgehead atoms. The summed E-state index contributed by atoms with van der Waals surface area (Å²) in [6.07, 6.45) is 1.55. The molecule has 0 unspecified atom stereocenters. The van der Waals surface area contributed by atoms with Crippen LogP contribution in [-0.2, 0) is 6.54 Å². The smallest absolute Gasteiger partial charge is 0.280 e. The number of pyridine rings is 1. The van der Waals surface area contributed by atoms with Gasteiger partial charge in [-0.15, -0.1) is 0 Å². The molecule has 0 aliphatic heterocycles. The summed E-state index contributed by atoms with van der Waals surface area (Å²) >= 11 is 0. The molecule has 0 aliphatic rings. The number of nitrogens with zero attached hydrogens (tertiary/aromatic N) is 2. The average Bonchev–Trinajstić information content (AvgIpc) is 3.15. The molecule has 1 amide bonds. The molecule has 0 aliphatic carbocycles. The van der Waals surface area contributed by atoms with E-state index in [9.17, 15) is 14.0 Å². The number of nitrogens with one attached hydrogen (secondary N) is 2. The highest BCUT2D eigenvalue weighted by Crippen LogP contribution is 2.22. The topological polar surface area (TPSA) is 79.8 Å². The first-order valence-electron chi connectivity index (χ1n) is 10.1. The lowest BCUT2D eigenvalue weighted by Crippen LogP contribution is -2.22. The molecule has 2 heterocycles. The minimum Gasteiger partial charge on any atom is -0.348 e. The van der Waals surface area contributed by atoms with Crippen molar-refractivity contribution in [2.75, 3.05) is 0 Å². The van der Waals surface area contributed by atoms with Gasteiger partial charge in [0, 0.05) is 23.7 Å². The van der Waals surface area contributed by atoms with Crippen LogP contribution in [0.5, 0.6) is 0 Å². The highest BCUT2D eigenvalue weighted by Gasteiger charge is 2.14. The molecule has 0 saturated heterocycles. The van der Waals surface area contributed by atoms with Crippen LogP contribution in [0.2, 0.25) is 0 Å². The van der Waals surface area contributed by atoms with Crippen LogP contribution in [0, 0.1) is 12.7 Å². The number of hydrogen-bond donors (Lipinski definition) is 2. The molecule has 5 rings (SSSR count). The van der Waals surface area contributed by atoms with Gasteiger partial charge in [-0.1, -0.05) is 29.8 Å². The summed E-state index contributed by atoms with van der Waals surface area (Å²) in [4.78, 5) is 30.0. The van der Waals surface area contributed by atoms with Gasteiger partial charge in [-0.3, -0.25) is 19.7 Å². The molecule has 2 aromatic heterocycles. The van der Waals surface area contributed by atoms with E-state index in [1.54, 1.807) is 36.5 Å². The van der Waals surface area contributed by atoms with E-state index in [2.05, 4.69) is 15.4 Å². The van der Waals surface area contributed by atoms with Crippen molar-refractivity contribution in [3.05, 3.63) is 106 Å². The molecular weight excluding hydrogens is 407 g/mol. The number of rotatable bonds is 4. The molecule has 2 N–H and O–H groups in total. The molecule has 0 radical (unpaired) electrons. The minimum atomic E-state index is -0.322. The fourth-order valence-electron chi connectivity index (χ4n) is 3.66. The van der Waals surface area contributed by atoms with E-state index in [0.29, 0.717) is 27.4 Å². The van der Waals surface area contributed by atoms with Gasteiger partial charge in [0.15, 0.2) is 0 Å². The Kier molecular flexibility index (Phi) is 4.78. The Balaban J connectivity index is 1.52. The predicted molar refractivity (Wildman–Crippen MR) is 122 cm³/mol. The third kappa shape index (κ3) is 3.54. The Labute approximate surface area is 182 Å². The average molecular weight is 426 g/mol. The van der Waals surface area contributed by atoms with Crippen molar-refractivity contribution in [3.63, 3.8) is 0 Å². The van der Waals surface area contributed by atoms with Crippen LogP contribution in [0.15, 0.2) is 77.7 Å². The third-order valence-corrected chi connectivity index (χ3v) is 5.45. The number of hydrogen-bond acceptors (Lipinski definition) is 3. The molecular formula is C25H19FN4O2. The Morgan fingerprint density at radius 2 is 1.78 bits per heavy atom. The number of fused-ring (bicyclic) bond motifs is 3. The highest BCUT2D eigenvalue weighted by molar-refractivity contribution is 6.06. The van der Waals surface area contributed by atoms with Crippen molar-refractivity contribution in [2.24, 2.45) is 0 Å². The third-order valence-electron chi connectivity index (χ3n) is 5.45. The van der Waals surface area contributed by atoms with Gasteiger partial charge in [-0.2, -0.15) is 0 Å². The van der Waals surface area contributed by atoms with Crippen LogP contribution >= 0.6 is 0 Å². The van der Waals surface area contributed by atoms with E-state index < -0.39 is 0 Å². The predicted octanol–water partition coefficient (Wildman–Crippen LogP) is 4.24. The second-order valence-corrected chi connectivity index (χ2v) is 7.68. The Morgan fingerprint density at radius 1 is 1.03 bits per heavy atom. The number of aromatic amines is 1. The lowest BCUT2D eigenvalue weighted by Gasteiger charge is -2.07. The zero-order chi connectivity index (χ0) is 22.2. The van der Waals surface area contributed by atoms with Gasteiger partial charge in [0.05, 0.1) is 22.1 Å². The van der Waals surface area contributed by atoms with Crippen LogP contribution in [0.4, 0.5) is 4.39 Å². The van der Waals surface area contributed by atoms with Crippen molar-refractivity contribution in [2.45, 2.75) is 13.5 Å². The van der Waals surface area contributed by atoms with Gasteiger partial charge in [0.2, 0.25) is 0 Å². The highest BCUT2D eigenvalue weighted by atomic mass is 19.1. The van der Waals surface area contributed by atoms with E-state index in [1.807, 2.05) is 31.2 Å². The van der Waals surface area contributed by atoms with E-state index in [1.165, 1.54) is 16.8 Å². The van der Waals surface area contributed by atoms with Gasteiger partial charge in [-0.25, -0.2) is 9.07 Å². The number of amides is 1. The summed E-state index contributed by atoms with van der Waals surface area (Å²) in [5.41, 5.74) is 4.14.